The van der Waals surface area contributed by atoms with E-state index in [0.29, 0.717) is 6.42 Å². The third kappa shape index (κ3) is 5.78. The van der Waals surface area contributed by atoms with Crippen LogP contribution in [0.2, 0.25) is 0 Å². The van der Waals surface area contributed by atoms with Crippen molar-refractivity contribution in [1.82, 2.24) is 4.90 Å². The van der Waals surface area contributed by atoms with Crippen LogP contribution >= 0.6 is 0 Å². The molecular formula is C12H22NO2. The Bertz CT molecular complexity index is 202. The zero-order chi connectivity index (χ0) is 11.3. The van der Waals surface area contributed by atoms with Crippen LogP contribution in [0, 0.1) is 6.42 Å². The molecule has 15 heavy (non-hydrogen) atoms. The van der Waals surface area contributed by atoms with E-state index in [1.54, 1.807) is 0 Å². The van der Waals surface area contributed by atoms with Crippen LogP contribution in [0.5, 0.6) is 0 Å². The Kier molecular flexibility index (Phi) is 4.58. The zero-order valence-electron chi connectivity index (χ0n) is 10.1. The summed E-state index contributed by atoms with van der Waals surface area (Å²) in [7, 11) is 0. The Morgan fingerprint density at radius 1 is 1.33 bits per heavy atom. The normalized spacial score (nSPS) is 18.9. The van der Waals surface area contributed by atoms with Gasteiger partial charge in [0.1, 0.15) is 5.60 Å². The Morgan fingerprint density at radius 3 is 2.47 bits per heavy atom. The summed E-state index contributed by atoms with van der Waals surface area (Å²) in [5, 5.41) is 0. The minimum Gasteiger partial charge on any atom is -0.460 e. The van der Waals surface area contributed by atoms with Crippen LogP contribution in [0.15, 0.2) is 0 Å². The summed E-state index contributed by atoms with van der Waals surface area (Å²) >= 11 is 0. The number of hydrogen-bond acceptors (Lipinski definition) is 3. The number of hydrogen-bond donors (Lipinski definition) is 0. The standard InChI is InChI=1S/C12H22NO2/c1-12(2,3)15-11(14)7-10-13-8-5-4-6-9-13/h4H,5-10H2,1-3H3. The molecule has 1 aliphatic heterocycles. The van der Waals surface area contributed by atoms with Gasteiger partial charge in [0.05, 0.1) is 6.42 Å². The van der Waals surface area contributed by atoms with E-state index in [9.17, 15) is 4.79 Å². The van der Waals surface area contributed by atoms with E-state index in [1.807, 2.05) is 20.8 Å². The lowest BCUT2D eigenvalue weighted by Gasteiger charge is -2.26. The molecule has 0 aromatic carbocycles. The molecule has 0 aliphatic carbocycles. The predicted octanol–water partition coefficient (Wildman–Crippen LogP) is 2.02. The topological polar surface area (TPSA) is 29.5 Å². The molecule has 1 aliphatic rings. The predicted molar refractivity (Wildman–Crippen MR) is 60.4 cm³/mol. The van der Waals surface area contributed by atoms with Crippen LogP contribution < -0.4 is 0 Å². The number of carbonyl (C=O) groups is 1. The molecule has 0 spiro atoms. The highest BCUT2D eigenvalue weighted by Gasteiger charge is 2.17. The van der Waals surface area contributed by atoms with Crippen molar-refractivity contribution >= 4 is 5.97 Å². The fraction of sp³-hybridized carbons (Fsp3) is 0.833. The van der Waals surface area contributed by atoms with Crippen molar-refractivity contribution in [1.29, 1.82) is 0 Å². The Morgan fingerprint density at radius 2 is 1.93 bits per heavy atom. The molecule has 0 N–H and O–H groups in total. The van der Waals surface area contributed by atoms with Gasteiger partial charge < -0.3 is 9.64 Å². The van der Waals surface area contributed by atoms with Gasteiger partial charge in [-0.1, -0.05) is 0 Å². The summed E-state index contributed by atoms with van der Waals surface area (Å²) in [6.45, 7) is 8.72. The van der Waals surface area contributed by atoms with Crippen LogP contribution in [0.3, 0.4) is 0 Å². The number of ether oxygens (including phenoxy) is 1. The van der Waals surface area contributed by atoms with Crippen molar-refractivity contribution in [2.24, 2.45) is 0 Å². The van der Waals surface area contributed by atoms with Crippen molar-refractivity contribution < 1.29 is 9.53 Å². The molecule has 0 amide bonds. The molecule has 0 aromatic rings. The third-order valence-corrected chi connectivity index (χ3v) is 2.35. The van der Waals surface area contributed by atoms with Crippen LogP contribution in [-0.2, 0) is 9.53 Å². The van der Waals surface area contributed by atoms with Crippen LogP contribution in [0.25, 0.3) is 0 Å². The van der Waals surface area contributed by atoms with Crippen molar-refractivity contribution in [3.05, 3.63) is 6.42 Å². The molecule has 0 aromatic heterocycles. The van der Waals surface area contributed by atoms with Crippen LogP contribution in [0.1, 0.15) is 40.0 Å². The second-order valence-electron chi connectivity index (χ2n) is 5.04. The molecule has 3 nitrogen and oxygen atoms in total. The molecule has 0 unspecified atom stereocenters. The molecule has 1 rings (SSSR count). The molecule has 0 bridgehead atoms. The second kappa shape index (κ2) is 5.50. The monoisotopic (exact) mass is 212 g/mol. The highest BCUT2D eigenvalue weighted by molar-refractivity contribution is 5.70. The van der Waals surface area contributed by atoms with Gasteiger partial charge in [0.2, 0.25) is 0 Å². The van der Waals surface area contributed by atoms with E-state index >= 15 is 0 Å². The first-order chi connectivity index (χ1) is 6.97. The number of carbonyl (C=O) groups excluding carboxylic acids is 1. The van der Waals surface area contributed by atoms with E-state index in [2.05, 4.69) is 11.3 Å². The largest absolute Gasteiger partial charge is 0.460 e. The van der Waals surface area contributed by atoms with Crippen molar-refractivity contribution in [3.8, 4) is 0 Å². The van der Waals surface area contributed by atoms with Gasteiger partial charge in [-0.3, -0.25) is 4.79 Å². The summed E-state index contributed by atoms with van der Waals surface area (Å²) < 4.78 is 5.26. The summed E-state index contributed by atoms with van der Waals surface area (Å²) in [6, 6.07) is 0. The molecule has 1 heterocycles. The summed E-state index contributed by atoms with van der Waals surface area (Å²) in [6.07, 6.45) is 5.11. The van der Waals surface area contributed by atoms with Gasteiger partial charge in [-0.05, 0) is 53.1 Å². The number of likely N-dealkylation sites (tertiary alicyclic amines) is 1. The van der Waals surface area contributed by atoms with Crippen molar-refractivity contribution in [2.45, 2.75) is 45.6 Å². The first-order valence-electron chi connectivity index (χ1n) is 5.73. The fourth-order valence-corrected chi connectivity index (χ4v) is 1.67. The second-order valence-corrected chi connectivity index (χ2v) is 5.04. The highest BCUT2D eigenvalue weighted by Crippen LogP contribution is 2.11. The lowest BCUT2D eigenvalue weighted by molar-refractivity contribution is -0.155. The summed E-state index contributed by atoms with van der Waals surface area (Å²) in [5.74, 6) is -0.0861. The maximum atomic E-state index is 11.4. The number of esters is 1. The molecular weight excluding hydrogens is 190 g/mol. The average Bonchev–Trinajstić information content (AvgIpc) is 2.14. The smallest absolute Gasteiger partial charge is 0.307 e. The highest BCUT2D eigenvalue weighted by atomic mass is 16.6. The third-order valence-electron chi connectivity index (χ3n) is 2.35. The Balaban J connectivity index is 2.15. The van der Waals surface area contributed by atoms with Gasteiger partial charge in [0.25, 0.3) is 0 Å². The summed E-state index contributed by atoms with van der Waals surface area (Å²) in [4.78, 5) is 13.8. The minimum absolute atomic E-state index is 0.0861. The average molecular weight is 212 g/mol. The maximum absolute atomic E-state index is 11.4. The van der Waals surface area contributed by atoms with E-state index < -0.39 is 0 Å². The van der Waals surface area contributed by atoms with E-state index in [0.717, 1.165) is 32.5 Å². The fourth-order valence-electron chi connectivity index (χ4n) is 1.67. The Labute approximate surface area is 92.8 Å². The lowest BCUT2D eigenvalue weighted by atomic mass is 10.1. The molecule has 0 atom stereocenters. The molecule has 1 saturated heterocycles. The number of piperidine rings is 1. The van der Waals surface area contributed by atoms with Crippen molar-refractivity contribution in [3.63, 3.8) is 0 Å². The molecule has 87 valence electrons. The van der Waals surface area contributed by atoms with Gasteiger partial charge in [-0.25, -0.2) is 0 Å². The van der Waals surface area contributed by atoms with E-state index in [1.165, 1.54) is 0 Å². The molecule has 0 saturated carbocycles. The van der Waals surface area contributed by atoms with Gasteiger partial charge >= 0.3 is 5.97 Å². The van der Waals surface area contributed by atoms with Gasteiger partial charge in [-0.15, -0.1) is 0 Å². The first kappa shape index (κ1) is 12.5. The molecule has 1 fully saturated rings. The Hall–Kier alpha value is -0.570. The number of rotatable bonds is 3. The quantitative estimate of drug-likeness (QED) is 0.670. The van der Waals surface area contributed by atoms with E-state index in [4.69, 9.17) is 4.74 Å². The number of nitrogens with zero attached hydrogens (tertiary/aromatic N) is 1. The summed E-state index contributed by atoms with van der Waals surface area (Å²) in [5.41, 5.74) is -0.354. The molecule has 1 radical (unpaired) electrons. The van der Waals surface area contributed by atoms with Crippen LogP contribution in [0.4, 0.5) is 0 Å². The zero-order valence-corrected chi connectivity index (χ0v) is 10.1. The van der Waals surface area contributed by atoms with Gasteiger partial charge in [-0.2, -0.15) is 0 Å². The van der Waals surface area contributed by atoms with E-state index in [-0.39, 0.29) is 11.6 Å². The molecule has 3 heteroatoms. The maximum Gasteiger partial charge on any atom is 0.307 e. The minimum atomic E-state index is -0.354. The lowest BCUT2D eigenvalue weighted by Crippen LogP contribution is -2.33. The SMILES string of the molecule is CC(C)(C)OC(=O)CCN1CC[CH]CC1. The van der Waals surface area contributed by atoms with Gasteiger partial charge in [0.15, 0.2) is 0 Å². The van der Waals surface area contributed by atoms with Gasteiger partial charge in [0, 0.05) is 6.54 Å². The van der Waals surface area contributed by atoms with Crippen molar-refractivity contribution in [2.75, 3.05) is 19.6 Å². The van der Waals surface area contributed by atoms with Crippen LogP contribution in [-0.4, -0.2) is 36.1 Å². The first-order valence-corrected chi connectivity index (χ1v) is 5.73.